The smallest absolute Gasteiger partial charge is 0.414 e. The Morgan fingerprint density at radius 3 is 2.74 bits per heavy atom. The number of rotatable bonds is 5. The van der Waals surface area contributed by atoms with Crippen molar-refractivity contribution in [3.8, 4) is 11.1 Å². The zero-order chi connectivity index (χ0) is 22.0. The maximum Gasteiger partial charge on any atom is 0.414 e. The zero-order valence-electron chi connectivity index (χ0n) is 17.0. The topological polar surface area (TPSA) is 97.8 Å². The van der Waals surface area contributed by atoms with E-state index < -0.39 is 29.2 Å². The lowest BCUT2D eigenvalue weighted by Crippen LogP contribution is -2.40. The van der Waals surface area contributed by atoms with E-state index in [1.807, 2.05) is 6.07 Å². The van der Waals surface area contributed by atoms with Crippen molar-refractivity contribution >= 4 is 34.7 Å². The summed E-state index contributed by atoms with van der Waals surface area (Å²) in [7, 11) is 0. The monoisotopic (exact) mass is 446 g/mol. The van der Waals surface area contributed by atoms with Crippen molar-refractivity contribution in [1.82, 2.24) is 10.3 Å². The first-order valence-electron chi connectivity index (χ1n) is 9.99. The molecule has 31 heavy (non-hydrogen) atoms. The van der Waals surface area contributed by atoms with Gasteiger partial charge in [-0.2, -0.15) is 0 Å². The van der Waals surface area contributed by atoms with E-state index in [0.29, 0.717) is 41.4 Å². The maximum atomic E-state index is 14.9. The summed E-state index contributed by atoms with van der Waals surface area (Å²) in [5.41, 5.74) is 1.40. The molecule has 0 spiro atoms. The number of nitrogens with one attached hydrogen (secondary N) is 1. The van der Waals surface area contributed by atoms with Gasteiger partial charge >= 0.3 is 6.09 Å². The van der Waals surface area contributed by atoms with Crippen LogP contribution in [0.3, 0.4) is 0 Å². The second-order valence-electron chi connectivity index (χ2n) is 7.46. The van der Waals surface area contributed by atoms with Crippen LogP contribution in [-0.4, -0.2) is 65.3 Å². The molecule has 0 unspecified atom stereocenters. The van der Waals surface area contributed by atoms with Crippen LogP contribution < -0.4 is 15.1 Å². The SMILES string of the molecule is CC(=O)NC[C@H]1CN(c2ccc(-c3ccc(N4CC[S+]([O-])CC4)nc3)c(F)c2)C(=O)O1. The molecule has 10 heteroatoms. The van der Waals surface area contributed by atoms with Crippen LogP contribution in [0, 0.1) is 5.82 Å². The highest BCUT2D eigenvalue weighted by molar-refractivity contribution is 7.91. The minimum Gasteiger partial charge on any atom is -0.616 e. The Bertz CT molecular complexity index is 966. The molecule has 1 N–H and O–H groups in total. The molecule has 4 rings (SSSR count). The molecule has 0 bridgehead atoms. The molecule has 1 aromatic heterocycles. The number of aromatic nitrogens is 1. The molecule has 2 aliphatic heterocycles. The molecule has 2 amide bonds. The number of amides is 2. The molecule has 0 radical (unpaired) electrons. The van der Waals surface area contributed by atoms with Gasteiger partial charge in [0.2, 0.25) is 5.91 Å². The normalized spacial score (nSPS) is 19.5. The van der Waals surface area contributed by atoms with Crippen molar-refractivity contribution in [3.63, 3.8) is 0 Å². The fourth-order valence-electron chi connectivity index (χ4n) is 3.60. The van der Waals surface area contributed by atoms with Gasteiger partial charge in [-0.1, -0.05) is 11.2 Å². The molecule has 3 heterocycles. The molecule has 2 saturated heterocycles. The number of cyclic esters (lactones) is 1. The van der Waals surface area contributed by atoms with Crippen molar-refractivity contribution in [2.24, 2.45) is 0 Å². The van der Waals surface area contributed by atoms with Crippen LogP contribution in [0.25, 0.3) is 11.1 Å². The first-order valence-corrected chi connectivity index (χ1v) is 11.5. The third kappa shape index (κ3) is 4.91. The summed E-state index contributed by atoms with van der Waals surface area (Å²) in [6.07, 6.45) is 0.561. The van der Waals surface area contributed by atoms with Gasteiger partial charge in [0.05, 0.1) is 31.9 Å². The second kappa shape index (κ2) is 9.11. The van der Waals surface area contributed by atoms with E-state index in [1.165, 1.54) is 17.9 Å². The molecule has 0 aliphatic carbocycles. The van der Waals surface area contributed by atoms with Gasteiger partial charge in [0.25, 0.3) is 0 Å². The van der Waals surface area contributed by atoms with E-state index in [2.05, 4.69) is 15.2 Å². The number of anilines is 2. The summed E-state index contributed by atoms with van der Waals surface area (Å²) >= 11 is -0.758. The zero-order valence-corrected chi connectivity index (χ0v) is 17.9. The highest BCUT2D eigenvalue weighted by atomic mass is 32.2. The van der Waals surface area contributed by atoms with Crippen LogP contribution in [0.5, 0.6) is 0 Å². The molecule has 2 fully saturated rings. The molecule has 0 saturated carbocycles. The number of halogens is 1. The Balaban J connectivity index is 1.45. The molecule has 2 aliphatic rings. The third-order valence-corrected chi connectivity index (χ3v) is 6.55. The number of hydrogen-bond donors (Lipinski definition) is 1. The van der Waals surface area contributed by atoms with Gasteiger partial charge in [0.1, 0.15) is 29.2 Å². The van der Waals surface area contributed by atoms with E-state index in [-0.39, 0.29) is 19.0 Å². The second-order valence-corrected chi connectivity index (χ2v) is 9.15. The summed E-state index contributed by atoms with van der Waals surface area (Å²) in [5.74, 6) is 1.36. The van der Waals surface area contributed by atoms with E-state index in [4.69, 9.17) is 4.74 Å². The summed E-state index contributed by atoms with van der Waals surface area (Å²) in [5, 5.41) is 2.61. The Morgan fingerprint density at radius 1 is 1.32 bits per heavy atom. The van der Waals surface area contributed by atoms with Crippen molar-refractivity contribution in [1.29, 1.82) is 0 Å². The largest absolute Gasteiger partial charge is 0.616 e. The van der Waals surface area contributed by atoms with Crippen LogP contribution in [0.4, 0.5) is 20.7 Å². The lowest BCUT2D eigenvalue weighted by molar-refractivity contribution is -0.119. The number of benzene rings is 1. The van der Waals surface area contributed by atoms with Gasteiger partial charge in [-0.05, 0) is 30.3 Å². The van der Waals surface area contributed by atoms with Crippen molar-refractivity contribution < 1.29 is 23.3 Å². The highest BCUT2D eigenvalue weighted by Crippen LogP contribution is 2.29. The van der Waals surface area contributed by atoms with Gasteiger partial charge in [-0.3, -0.25) is 9.69 Å². The molecular weight excluding hydrogens is 423 g/mol. The fraction of sp³-hybridized carbons (Fsp3) is 0.381. The van der Waals surface area contributed by atoms with Gasteiger partial charge in [-0.25, -0.2) is 14.2 Å². The number of ether oxygens (including phenoxy) is 1. The van der Waals surface area contributed by atoms with Crippen LogP contribution in [0.2, 0.25) is 0 Å². The average molecular weight is 447 g/mol. The minimum absolute atomic E-state index is 0.209. The van der Waals surface area contributed by atoms with Crippen molar-refractivity contribution in [2.75, 3.05) is 47.5 Å². The van der Waals surface area contributed by atoms with Gasteiger partial charge in [-0.15, -0.1) is 0 Å². The minimum atomic E-state index is -0.758. The Labute approximate surface area is 182 Å². The molecular formula is C21H23FN4O4S. The van der Waals surface area contributed by atoms with Gasteiger partial charge in [0, 0.05) is 24.2 Å². The van der Waals surface area contributed by atoms with Crippen LogP contribution in [0.1, 0.15) is 6.92 Å². The van der Waals surface area contributed by atoms with Crippen molar-refractivity contribution in [2.45, 2.75) is 13.0 Å². The molecule has 8 nitrogen and oxygen atoms in total. The molecule has 1 atom stereocenters. The summed E-state index contributed by atoms with van der Waals surface area (Å²) < 4.78 is 31.6. The Kier molecular flexibility index (Phi) is 6.28. The van der Waals surface area contributed by atoms with Crippen molar-refractivity contribution in [3.05, 3.63) is 42.3 Å². The summed E-state index contributed by atoms with van der Waals surface area (Å²) in [6.45, 7) is 3.21. The lowest BCUT2D eigenvalue weighted by atomic mass is 10.1. The number of nitrogens with zero attached hydrogens (tertiary/aromatic N) is 3. The summed E-state index contributed by atoms with van der Waals surface area (Å²) in [6, 6.07) is 8.21. The standard InChI is InChI=1S/C21H23FN4O4S/c1-14(27)23-12-17-13-26(21(28)30-17)16-3-4-18(19(22)10-16)15-2-5-20(24-11-15)25-6-8-31(29)9-7-25/h2-5,10-11,17H,6-9,12-13H2,1H3,(H,23,27)/t17-/m0/s1. The number of pyridine rings is 1. The fourth-order valence-corrected chi connectivity index (χ4v) is 4.65. The average Bonchev–Trinajstić information content (AvgIpc) is 3.13. The van der Waals surface area contributed by atoms with Crippen LogP contribution in [0.15, 0.2) is 36.5 Å². The number of carbonyl (C=O) groups excluding carboxylic acids is 2. The first-order chi connectivity index (χ1) is 14.9. The molecule has 1 aromatic carbocycles. The highest BCUT2D eigenvalue weighted by Gasteiger charge is 2.32. The van der Waals surface area contributed by atoms with Gasteiger partial charge in [0.15, 0.2) is 0 Å². The Hall–Kier alpha value is -2.85. The van der Waals surface area contributed by atoms with E-state index in [9.17, 15) is 18.5 Å². The first kappa shape index (κ1) is 21.4. The van der Waals surface area contributed by atoms with Gasteiger partial charge < -0.3 is 19.5 Å². The summed E-state index contributed by atoms with van der Waals surface area (Å²) in [4.78, 5) is 31.0. The van der Waals surface area contributed by atoms with E-state index in [0.717, 1.165) is 5.82 Å². The number of carbonyl (C=O) groups is 2. The third-order valence-electron chi connectivity index (χ3n) is 5.28. The Morgan fingerprint density at radius 2 is 2.10 bits per heavy atom. The van der Waals surface area contributed by atoms with Crippen LogP contribution >= 0.6 is 0 Å². The van der Waals surface area contributed by atoms with Crippen LogP contribution in [-0.2, 0) is 20.7 Å². The quantitative estimate of drug-likeness (QED) is 0.705. The maximum absolute atomic E-state index is 14.9. The molecule has 2 aromatic rings. The lowest BCUT2D eigenvalue weighted by Gasteiger charge is -2.29. The number of hydrogen-bond acceptors (Lipinski definition) is 6. The van der Waals surface area contributed by atoms with E-state index >= 15 is 0 Å². The van der Waals surface area contributed by atoms with E-state index in [1.54, 1.807) is 24.4 Å². The predicted octanol–water partition coefficient (Wildman–Crippen LogP) is 1.92. The predicted molar refractivity (Wildman–Crippen MR) is 116 cm³/mol. The molecule has 164 valence electrons.